The van der Waals surface area contributed by atoms with E-state index in [-0.39, 0.29) is 0 Å². The molecule has 0 aliphatic heterocycles. The van der Waals surface area contributed by atoms with E-state index in [2.05, 4.69) is 107 Å². The summed E-state index contributed by atoms with van der Waals surface area (Å²) in [5.74, 6) is 1.35. The van der Waals surface area contributed by atoms with Crippen LogP contribution < -0.4 is 4.74 Å². The molecule has 0 aromatic heterocycles. The first-order chi connectivity index (χ1) is 15.8. The minimum absolute atomic E-state index is 0.341. The molecule has 2 rings (SSSR count). The van der Waals surface area contributed by atoms with Gasteiger partial charge in [-0.3, -0.25) is 0 Å². The summed E-state index contributed by atoms with van der Waals surface area (Å²) in [5.41, 5.74) is 2.42. The van der Waals surface area contributed by atoms with Crippen LogP contribution in [0.5, 0.6) is 11.5 Å². The molecular weight excluding hydrogens is 749 g/mol. The van der Waals surface area contributed by atoms with Crippen LogP contribution in [0.15, 0.2) is 36.4 Å². The molecule has 188 valence electrons. The number of aromatic hydroxyl groups is 1. The predicted octanol–water partition coefficient (Wildman–Crippen LogP) is 10.6. The zero-order chi connectivity index (χ0) is 24.9. The highest BCUT2D eigenvalue weighted by molar-refractivity contribution is 14.1. The van der Waals surface area contributed by atoms with Crippen LogP contribution in [-0.4, -0.2) is 16.1 Å². The minimum Gasteiger partial charge on any atom is -0.508 e. The van der Waals surface area contributed by atoms with E-state index in [1.807, 2.05) is 13.0 Å². The van der Waals surface area contributed by atoms with Gasteiger partial charge >= 0.3 is 0 Å². The van der Waals surface area contributed by atoms with E-state index in [0.717, 1.165) is 17.9 Å². The highest BCUT2D eigenvalue weighted by Crippen LogP contribution is 2.19. The number of benzene rings is 2. The number of phenolic OH excluding ortho intramolecular Hbond substituents is 1. The molecule has 0 aliphatic carbocycles. The second kappa shape index (κ2) is 22.7. The Bertz CT molecular complexity index is 729. The number of phenols is 1. The van der Waals surface area contributed by atoms with Gasteiger partial charge in [-0.1, -0.05) is 87.8 Å². The van der Waals surface area contributed by atoms with Crippen LogP contribution in [0.4, 0.5) is 0 Å². The van der Waals surface area contributed by atoms with Gasteiger partial charge in [0.05, 0.1) is 6.61 Å². The lowest BCUT2D eigenvalue weighted by atomic mass is 10.2. The minimum atomic E-state index is 0.341. The van der Waals surface area contributed by atoms with Crippen molar-refractivity contribution >= 4 is 67.8 Å². The van der Waals surface area contributed by atoms with Gasteiger partial charge < -0.3 is 9.84 Å². The van der Waals surface area contributed by atoms with Crippen LogP contribution in [0.1, 0.15) is 89.2 Å². The smallest absolute Gasteiger partial charge is 0.119 e. The van der Waals surface area contributed by atoms with E-state index in [0.29, 0.717) is 5.75 Å². The second-order valence-corrected chi connectivity index (χ2v) is 11.6. The molecule has 2 aromatic rings. The molecule has 0 fully saturated rings. The Kier molecular flexibility index (Phi) is 22.8. The number of halogens is 3. The molecule has 0 bridgehead atoms. The van der Waals surface area contributed by atoms with Gasteiger partial charge in [-0.15, -0.1) is 0 Å². The summed E-state index contributed by atoms with van der Waals surface area (Å²) >= 11 is 7.01. The van der Waals surface area contributed by atoms with Crippen molar-refractivity contribution in [2.75, 3.05) is 11.0 Å². The van der Waals surface area contributed by atoms with Crippen molar-refractivity contribution in [2.24, 2.45) is 0 Å². The van der Waals surface area contributed by atoms with Crippen molar-refractivity contribution in [1.29, 1.82) is 0 Å². The third-order valence-corrected chi connectivity index (χ3v) is 8.21. The molecule has 0 aliphatic rings. The summed E-state index contributed by atoms with van der Waals surface area (Å²) in [6, 6.07) is 11.6. The van der Waals surface area contributed by atoms with Gasteiger partial charge in [-0.05, 0) is 124 Å². The first-order valence-electron chi connectivity index (χ1n) is 12.3. The Balaban J connectivity index is 0.000000511. The van der Waals surface area contributed by atoms with Gasteiger partial charge in [-0.25, -0.2) is 0 Å². The monoisotopic (exact) mass is 792 g/mol. The number of aryl methyl sites for hydroxylation is 2. The van der Waals surface area contributed by atoms with Crippen LogP contribution in [0.3, 0.4) is 0 Å². The van der Waals surface area contributed by atoms with Gasteiger partial charge in [0.1, 0.15) is 11.5 Å². The predicted molar refractivity (Wildman–Crippen MR) is 171 cm³/mol. The molecule has 0 saturated carbocycles. The summed E-state index contributed by atoms with van der Waals surface area (Å²) in [5, 5.41) is 8.93. The van der Waals surface area contributed by atoms with Crippen LogP contribution in [-0.2, 0) is 0 Å². The van der Waals surface area contributed by atoms with E-state index in [1.165, 1.54) is 81.3 Å². The summed E-state index contributed by atoms with van der Waals surface area (Å²) in [4.78, 5) is 0. The maximum absolute atomic E-state index is 8.93. The van der Waals surface area contributed by atoms with E-state index < -0.39 is 0 Å². The Morgan fingerprint density at radius 3 is 1.70 bits per heavy atom. The molecule has 1 N–H and O–H groups in total. The number of hydrogen-bond acceptors (Lipinski definition) is 2. The lowest BCUT2D eigenvalue weighted by molar-refractivity contribution is 0.304. The maximum atomic E-state index is 8.93. The van der Waals surface area contributed by atoms with Crippen molar-refractivity contribution in [2.45, 2.75) is 91.9 Å². The SMILES string of the molecule is CCCCCCCI.CCCCCCCOc1ccc(I)c(C)c1.Cc1cc(O)ccc1I. The molecule has 0 unspecified atom stereocenters. The van der Waals surface area contributed by atoms with Crippen molar-refractivity contribution in [3.05, 3.63) is 54.7 Å². The van der Waals surface area contributed by atoms with Gasteiger partial charge in [0.2, 0.25) is 0 Å². The normalized spacial score (nSPS) is 10.0. The molecule has 0 atom stereocenters. The second-order valence-electron chi connectivity index (χ2n) is 8.21. The van der Waals surface area contributed by atoms with Gasteiger partial charge in [0, 0.05) is 7.14 Å². The van der Waals surface area contributed by atoms with Crippen LogP contribution in [0.25, 0.3) is 0 Å². The highest BCUT2D eigenvalue weighted by atomic mass is 127. The number of ether oxygens (including phenoxy) is 1. The zero-order valence-electron chi connectivity index (χ0n) is 20.9. The Morgan fingerprint density at radius 1 is 0.697 bits per heavy atom. The average molecular weight is 792 g/mol. The van der Waals surface area contributed by atoms with Gasteiger partial charge in [0.25, 0.3) is 0 Å². The maximum Gasteiger partial charge on any atom is 0.119 e. The molecule has 5 heteroatoms. The third kappa shape index (κ3) is 19.1. The van der Waals surface area contributed by atoms with Crippen molar-refractivity contribution in [1.82, 2.24) is 0 Å². The number of hydrogen-bond donors (Lipinski definition) is 1. The largest absolute Gasteiger partial charge is 0.508 e. The third-order valence-electron chi connectivity index (χ3n) is 5.02. The van der Waals surface area contributed by atoms with Gasteiger partial charge in [0.15, 0.2) is 0 Å². The summed E-state index contributed by atoms with van der Waals surface area (Å²) in [6.45, 7) is 9.44. The molecule has 2 aromatic carbocycles. The Morgan fingerprint density at radius 2 is 1.21 bits per heavy atom. The van der Waals surface area contributed by atoms with E-state index in [4.69, 9.17) is 9.84 Å². The number of unbranched alkanes of at least 4 members (excludes halogenated alkanes) is 8. The van der Waals surface area contributed by atoms with Crippen LogP contribution in [0.2, 0.25) is 0 Å². The molecule has 0 heterocycles. The Hall–Kier alpha value is 0.230. The fourth-order valence-corrected chi connectivity index (χ4v) is 4.14. The van der Waals surface area contributed by atoms with Crippen LogP contribution in [0, 0.1) is 21.0 Å². The lowest BCUT2D eigenvalue weighted by Crippen LogP contribution is -1.97. The first-order valence-corrected chi connectivity index (χ1v) is 15.9. The molecule has 2 nitrogen and oxygen atoms in total. The standard InChI is InChI=1S/C14H21IO.C7H7IO.C7H15I/c1-3-4-5-6-7-10-16-13-8-9-14(15)12(2)11-13;1-5-4-6(9)2-3-7(5)8;1-2-3-4-5-6-7-8/h8-9,11H,3-7,10H2,1-2H3;2-4,9H,1H3;2-7H2,1H3. The average Bonchev–Trinajstić information content (AvgIpc) is 2.80. The first kappa shape index (κ1) is 33.2. The molecule has 33 heavy (non-hydrogen) atoms. The number of alkyl halides is 1. The van der Waals surface area contributed by atoms with E-state index in [9.17, 15) is 0 Å². The van der Waals surface area contributed by atoms with Crippen molar-refractivity contribution < 1.29 is 9.84 Å². The molecule has 0 spiro atoms. The molecule has 0 radical (unpaired) electrons. The summed E-state index contributed by atoms with van der Waals surface area (Å²) in [6.07, 6.45) is 13.5. The van der Waals surface area contributed by atoms with Crippen LogP contribution >= 0.6 is 67.8 Å². The fourth-order valence-electron chi connectivity index (χ4n) is 2.93. The Labute approximate surface area is 244 Å². The molecule has 0 saturated heterocycles. The highest BCUT2D eigenvalue weighted by Gasteiger charge is 1.98. The van der Waals surface area contributed by atoms with E-state index >= 15 is 0 Å². The van der Waals surface area contributed by atoms with Gasteiger partial charge in [-0.2, -0.15) is 0 Å². The lowest BCUT2D eigenvalue weighted by Gasteiger charge is -2.07. The summed E-state index contributed by atoms with van der Waals surface area (Å²) < 4.78 is 9.54. The van der Waals surface area contributed by atoms with E-state index in [1.54, 1.807) is 12.1 Å². The van der Waals surface area contributed by atoms with Crippen molar-refractivity contribution in [3.8, 4) is 11.5 Å². The van der Waals surface area contributed by atoms with Crippen molar-refractivity contribution in [3.63, 3.8) is 0 Å². The quantitative estimate of drug-likeness (QED) is 0.132. The summed E-state index contributed by atoms with van der Waals surface area (Å²) in [7, 11) is 0. The fraction of sp³-hybridized carbons (Fsp3) is 0.571. The zero-order valence-corrected chi connectivity index (χ0v) is 27.4. The number of rotatable bonds is 12. The molecular formula is C28H43I3O2. The topological polar surface area (TPSA) is 29.5 Å². The molecule has 0 amide bonds.